The van der Waals surface area contributed by atoms with Crippen molar-refractivity contribution in [2.75, 3.05) is 6.61 Å². The molecule has 1 aliphatic heterocycles. The van der Waals surface area contributed by atoms with Crippen molar-refractivity contribution in [3.8, 4) is 11.5 Å². The van der Waals surface area contributed by atoms with E-state index in [1.165, 1.54) is 12.1 Å². The summed E-state index contributed by atoms with van der Waals surface area (Å²) < 4.78 is 24.5. The van der Waals surface area contributed by atoms with Crippen molar-refractivity contribution in [1.29, 1.82) is 0 Å². The van der Waals surface area contributed by atoms with E-state index >= 15 is 0 Å². The van der Waals surface area contributed by atoms with E-state index in [1.807, 2.05) is 55.5 Å². The lowest BCUT2D eigenvalue weighted by Crippen LogP contribution is -2.28. The fraction of sp³-hybridized carbons (Fsp3) is 0.250. The molecule has 3 aromatic rings. The summed E-state index contributed by atoms with van der Waals surface area (Å²) in [5.74, 6) is 0.936. The van der Waals surface area contributed by atoms with E-state index in [1.54, 1.807) is 12.1 Å². The molecule has 5 rings (SSSR count). The Labute approximate surface area is 179 Å². The molecule has 3 atom stereocenters. The Morgan fingerprint density at radius 3 is 2.34 bits per heavy atom. The minimum atomic E-state index is -1.13. The van der Waals surface area contributed by atoms with Gasteiger partial charge in [0.25, 0.3) is 0 Å². The van der Waals surface area contributed by atoms with Crippen LogP contribution in [0.5, 0.6) is 11.5 Å². The number of hydrogen-bond donors (Lipinski definition) is 0. The standard InChI is InChI=1S/C24H19Cl2FO2/c1-2-28-18-13-9-16(10-14-18)23-22(24(23,25)26)21(15-7-11-17(27)12-8-15)19-5-3-4-6-20(19)29-23/h3-14,21-22H,2H2,1H3/t21-,22-,23+/m0/s1. The van der Waals surface area contributed by atoms with Gasteiger partial charge in [-0.15, -0.1) is 0 Å². The first-order valence-electron chi connectivity index (χ1n) is 9.63. The summed E-state index contributed by atoms with van der Waals surface area (Å²) in [5, 5.41) is 0. The Morgan fingerprint density at radius 1 is 0.966 bits per heavy atom. The van der Waals surface area contributed by atoms with Crippen molar-refractivity contribution in [2.45, 2.75) is 22.8 Å². The van der Waals surface area contributed by atoms with E-state index in [9.17, 15) is 4.39 Å². The third kappa shape index (κ3) is 2.68. The molecule has 0 radical (unpaired) electrons. The lowest BCUT2D eigenvalue weighted by Gasteiger charge is -2.31. The second kappa shape index (κ2) is 6.65. The van der Waals surface area contributed by atoms with Gasteiger partial charge in [-0.3, -0.25) is 0 Å². The van der Waals surface area contributed by atoms with E-state index in [0.29, 0.717) is 6.61 Å². The summed E-state index contributed by atoms with van der Waals surface area (Å²) in [4.78, 5) is 0. The quantitative estimate of drug-likeness (QED) is 0.444. The molecule has 2 nitrogen and oxygen atoms in total. The van der Waals surface area contributed by atoms with Crippen molar-refractivity contribution in [1.82, 2.24) is 0 Å². The van der Waals surface area contributed by atoms with E-state index in [0.717, 1.165) is 28.2 Å². The lowest BCUT2D eigenvalue weighted by atomic mass is 9.82. The number of fused-ring (bicyclic) bond motifs is 2. The molecule has 1 heterocycles. The third-order valence-corrected chi connectivity index (χ3v) is 6.95. The summed E-state index contributed by atoms with van der Waals surface area (Å²) in [6.45, 7) is 2.54. The summed E-state index contributed by atoms with van der Waals surface area (Å²) in [6.07, 6.45) is 0. The smallest absolute Gasteiger partial charge is 0.174 e. The zero-order chi connectivity index (χ0) is 20.2. The van der Waals surface area contributed by atoms with Crippen LogP contribution in [0.1, 0.15) is 29.5 Å². The first kappa shape index (κ1) is 18.8. The SMILES string of the molecule is CCOc1ccc([C@@]23Oc4ccccc4[C@H](c4ccc(F)cc4)[C@@H]2C3(Cl)Cl)cc1. The van der Waals surface area contributed by atoms with Gasteiger partial charge in [-0.1, -0.05) is 65.7 Å². The van der Waals surface area contributed by atoms with Crippen LogP contribution >= 0.6 is 23.2 Å². The van der Waals surface area contributed by atoms with Gasteiger partial charge in [0.15, 0.2) is 9.93 Å². The predicted molar refractivity (Wildman–Crippen MR) is 113 cm³/mol. The maximum Gasteiger partial charge on any atom is 0.174 e. The monoisotopic (exact) mass is 428 g/mol. The van der Waals surface area contributed by atoms with E-state index < -0.39 is 9.93 Å². The van der Waals surface area contributed by atoms with Gasteiger partial charge in [-0.05, 0) is 48.4 Å². The molecule has 0 unspecified atom stereocenters. The van der Waals surface area contributed by atoms with Crippen LogP contribution in [0, 0.1) is 11.7 Å². The Hall–Kier alpha value is -2.23. The van der Waals surface area contributed by atoms with Crippen molar-refractivity contribution in [2.24, 2.45) is 5.92 Å². The van der Waals surface area contributed by atoms with E-state index in [4.69, 9.17) is 32.7 Å². The molecule has 29 heavy (non-hydrogen) atoms. The number of halogens is 3. The summed E-state index contributed by atoms with van der Waals surface area (Å²) in [6, 6.07) is 22.1. The highest BCUT2D eigenvalue weighted by atomic mass is 35.5. The first-order valence-corrected chi connectivity index (χ1v) is 10.4. The zero-order valence-electron chi connectivity index (χ0n) is 15.7. The molecule has 0 spiro atoms. The largest absolute Gasteiger partial charge is 0.494 e. The van der Waals surface area contributed by atoms with Gasteiger partial charge >= 0.3 is 0 Å². The van der Waals surface area contributed by atoms with Gasteiger partial charge in [0.2, 0.25) is 0 Å². The van der Waals surface area contributed by atoms with Crippen molar-refractivity contribution < 1.29 is 13.9 Å². The molecular weight excluding hydrogens is 410 g/mol. The molecular formula is C24H19Cl2FO2. The first-order chi connectivity index (χ1) is 14.0. The number of alkyl halides is 2. The van der Waals surface area contributed by atoms with Crippen LogP contribution < -0.4 is 9.47 Å². The lowest BCUT2D eigenvalue weighted by molar-refractivity contribution is 0.137. The molecule has 1 saturated carbocycles. The highest BCUT2D eigenvalue weighted by Gasteiger charge is 2.83. The third-order valence-electron chi connectivity index (χ3n) is 5.92. The predicted octanol–water partition coefficient (Wildman–Crippen LogP) is 6.45. The highest BCUT2D eigenvalue weighted by molar-refractivity contribution is 6.52. The highest BCUT2D eigenvalue weighted by Crippen LogP contribution is 2.77. The van der Waals surface area contributed by atoms with Gasteiger partial charge < -0.3 is 9.47 Å². The van der Waals surface area contributed by atoms with Crippen LogP contribution in [-0.4, -0.2) is 10.9 Å². The number of hydrogen-bond acceptors (Lipinski definition) is 2. The topological polar surface area (TPSA) is 18.5 Å². The minimum Gasteiger partial charge on any atom is -0.494 e. The van der Waals surface area contributed by atoms with Crippen molar-refractivity contribution in [3.05, 3.63) is 95.3 Å². The van der Waals surface area contributed by atoms with Gasteiger partial charge in [0.1, 0.15) is 17.3 Å². The second-order valence-electron chi connectivity index (χ2n) is 7.46. The Bertz CT molecular complexity index is 1050. The molecule has 0 bridgehead atoms. The molecule has 0 aromatic heterocycles. The summed E-state index contributed by atoms with van der Waals surface area (Å²) >= 11 is 13.8. The Kier molecular flexibility index (Phi) is 4.30. The number of para-hydroxylation sites is 1. The maximum atomic E-state index is 13.6. The van der Waals surface area contributed by atoms with Gasteiger partial charge in [0.05, 0.1) is 12.5 Å². The van der Waals surface area contributed by atoms with Gasteiger partial charge in [-0.25, -0.2) is 4.39 Å². The van der Waals surface area contributed by atoms with Crippen LogP contribution in [0.2, 0.25) is 0 Å². The van der Waals surface area contributed by atoms with Crippen molar-refractivity contribution >= 4 is 23.2 Å². The molecule has 0 N–H and O–H groups in total. The van der Waals surface area contributed by atoms with Crippen LogP contribution in [0.3, 0.4) is 0 Å². The Morgan fingerprint density at radius 2 is 1.66 bits per heavy atom. The molecule has 0 saturated heterocycles. The van der Waals surface area contributed by atoms with Crippen LogP contribution in [0.25, 0.3) is 0 Å². The maximum absolute atomic E-state index is 13.6. The molecule has 1 fully saturated rings. The molecule has 1 aliphatic carbocycles. The minimum absolute atomic E-state index is 0.109. The van der Waals surface area contributed by atoms with Crippen LogP contribution in [0.4, 0.5) is 4.39 Å². The van der Waals surface area contributed by atoms with Crippen LogP contribution in [-0.2, 0) is 5.60 Å². The zero-order valence-corrected chi connectivity index (χ0v) is 17.3. The molecule has 5 heteroatoms. The van der Waals surface area contributed by atoms with E-state index in [-0.39, 0.29) is 17.7 Å². The molecule has 148 valence electrons. The second-order valence-corrected chi connectivity index (χ2v) is 8.85. The summed E-state index contributed by atoms with van der Waals surface area (Å²) in [5.41, 5.74) is 1.99. The number of ether oxygens (including phenoxy) is 2. The van der Waals surface area contributed by atoms with Gasteiger partial charge in [-0.2, -0.15) is 0 Å². The average molecular weight is 429 g/mol. The Balaban J connectivity index is 1.65. The van der Waals surface area contributed by atoms with Crippen molar-refractivity contribution in [3.63, 3.8) is 0 Å². The van der Waals surface area contributed by atoms with Gasteiger partial charge in [0, 0.05) is 11.5 Å². The molecule has 2 aliphatic rings. The fourth-order valence-corrected chi connectivity index (χ4v) is 5.58. The molecule has 0 amide bonds. The van der Waals surface area contributed by atoms with Crippen LogP contribution in [0.15, 0.2) is 72.8 Å². The molecule has 3 aromatic carbocycles. The average Bonchev–Trinajstić information content (AvgIpc) is 3.23. The summed E-state index contributed by atoms with van der Waals surface area (Å²) in [7, 11) is 0. The number of benzene rings is 3. The fourth-order valence-electron chi connectivity index (χ4n) is 4.60. The normalized spacial score (nSPS) is 26.1. The number of rotatable bonds is 4. The van der Waals surface area contributed by atoms with E-state index in [2.05, 4.69) is 0 Å².